The third-order valence-electron chi connectivity index (χ3n) is 1.87. The predicted octanol–water partition coefficient (Wildman–Crippen LogP) is 2.04. The molecule has 16 heavy (non-hydrogen) atoms. The molecule has 0 aliphatic heterocycles. The van der Waals surface area contributed by atoms with Crippen molar-refractivity contribution in [1.29, 1.82) is 0 Å². The summed E-state index contributed by atoms with van der Waals surface area (Å²) < 4.78 is 9.34. The number of nitro benzene ring substituents is 1. The molecule has 0 amide bonds. The van der Waals surface area contributed by atoms with E-state index >= 15 is 0 Å². The molecule has 1 aromatic carbocycles. The van der Waals surface area contributed by atoms with E-state index in [2.05, 4.69) is 4.74 Å². The van der Waals surface area contributed by atoms with Crippen molar-refractivity contribution in [3.8, 4) is 5.75 Å². The van der Waals surface area contributed by atoms with E-state index in [4.69, 9.17) is 16.3 Å². The highest BCUT2D eigenvalue weighted by Gasteiger charge is 2.21. The largest absolute Gasteiger partial charge is 0.496 e. The molecule has 1 aromatic rings. The minimum atomic E-state index is -0.725. The minimum Gasteiger partial charge on any atom is -0.496 e. The molecular weight excluding hydrogens is 238 g/mol. The van der Waals surface area contributed by atoms with Gasteiger partial charge in [-0.2, -0.15) is 0 Å². The molecule has 0 saturated carbocycles. The van der Waals surface area contributed by atoms with E-state index in [0.717, 1.165) is 6.07 Å². The summed E-state index contributed by atoms with van der Waals surface area (Å²) in [6.07, 6.45) is 0. The second-order valence-corrected chi connectivity index (χ2v) is 3.16. The van der Waals surface area contributed by atoms with Crippen LogP contribution in [0.4, 0.5) is 5.69 Å². The van der Waals surface area contributed by atoms with Crippen molar-refractivity contribution in [3.63, 3.8) is 0 Å². The Bertz CT molecular complexity index is 446. The summed E-state index contributed by atoms with van der Waals surface area (Å²) in [4.78, 5) is 21.2. The highest BCUT2D eigenvalue weighted by Crippen LogP contribution is 2.32. The highest BCUT2D eigenvalue weighted by molar-refractivity contribution is 6.33. The minimum absolute atomic E-state index is 0.0406. The van der Waals surface area contributed by atoms with E-state index in [0.29, 0.717) is 0 Å². The SMILES string of the molecule is COC(=O)c1cc([N+](=O)[O-])c(Cl)cc1OC. The van der Waals surface area contributed by atoms with Crippen LogP contribution in [0, 0.1) is 10.1 Å². The lowest BCUT2D eigenvalue weighted by Gasteiger charge is -2.07. The van der Waals surface area contributed by atoms with Crippen LogP contribution in [0.15, 0.2) is 12.1 Å². The summed E-state index contributed by atoms with van der Waals surface area (Å²) in [7, 11) is 2.49. The zero-order chi connectivity index (χ0) is 12.3. The summed E-state index contributed by atoms with van der Waals surface area (Å²) in [5, 5.41) is 10.5. The second kappa shape index (κ2) is 4.80. The van der Waals surface area contributed by atoms with Crippen molar-refractivity contribution in [2.45, 2.75) is 0 Å². The maximum Gasteiger partial charge on any atom is 0.341 e. The fourth-order valence-electron chi connectivity index (χ4n) is 1.12. The molecule has 0 bridgehead atoms. The number of halogens is 1. The normalized spacial score (nSPS) is 9.69. The Morgan fingerprint density at radius 3 is 2.50 bits per heavy atom. The molecule has 0 aliphatic carbocycles. The van der Waals surface area contributed by atoms with Gasteiger partial charge in [-0.3, -0.25) is 10.1 Å². The van der Waals surface area contributed by atoms with Crippen molar-refractivity contribution >= 4 is 23.3 Å². The van der Waals surface area contributed by atoms with Gasteiger partial charge in [0.15, 0.2) is 0 Å². The van der Waals surface area contributed by atoms with Crippen molar-refractivity contribution < 1.29 is 19.2 Å². The number of methoxy groups -OCH3 is 2. The topological polar surface area (TPSA) is 78.7 Å². The standard InChI is InChI=1S/C9H8ClNO5/c1-15-8-4-6(10)7(11(13)14)3-5(8)9(12)16-2/h3-4H,1-2H3. The van der Waals surface area contributed by atoms with Crippen LogP contribution in [0.5, 0.6) is 5.75 Å². The molecule has 0 radical (unpaired) electrons. The molecule has 0 atom stereocenters. The molecule has 0 saturated heterocycles. The van der Waals surface area contributed by atoms with E-state index in [9.17, 15) is 14.9 Å². The maximum atomic E-state index is 11.3. The second-order valence-electron chi connectivity index (χ2n) is 2.75. The van der Waals surface area contributed by atoms with Gasteiger partial charge in [-0.1, -0.05) is 11.6 Å². The van der Waals surface area contributed by atoms with Crippen molar-refractivity contribution in [1.82, 2.24) is 0 Å². The van der Waals surface area contributed by atoms with Crippen LogP contribution in [-0.4, -0.2) is 25.1 Å². The first kappa shape index (κ1) is 12.3. The number of esters is 1. The molecule has 0 aliphatic rings. The number of ether oxygens (including phenoxy) is 2. The fraction of sp³-hybridized carbons (Fsp3) is 0.222. The van der Waals surface area contributed by atoms with Crippen molar-refractivity contribution in [3.05, 3.63) is 32.8 Å². The number of benzene rings is 1. The first-order valence-corrected chi connectivity index (χ1v) is 4.49. The van der Waals surface area contributed by atoms with Crippen LogP contribution in [-0.2, 0) is 4.74 Å². The van der Waals surface area contributed by atoms with Gasteiger partial charge in [-0.25, -0.2) is 4.79 Å². The number of nitrogens with zero attached hydrogens (tertiary/aromatic N) is 1. The van der Waals surface area contributed by atoms with Gasteiger partial charge < -0.3 is 9.47 Å². The lowest BCUT2D eigenvalue weighted by atomic mass is 10.2. The average Bonchev–Trinajstić information content (AvgIpc) is 2.27. The van der Waals surface area contributed by atoms with Crippen LogP contribution in [0.25, 0.3) is 0 Å². The fourth-order valence-corrected chi connectivity index (χ4v) is 1.34. The van der Waals surface area contributed by atoms with E-state index in [-0.39, 0.29) is 22.0 Å². The van der Waals surface area contributed by atoms with Gasteiger partial charge in [0.05, 0.1) is 19.1 Å². The van der Waals surface area contributed by atoms with Gasteiger partial charge >= 0.3 is 5.97 Å². The van der Waals surface area contributed by atoms with Gasteiger partial charge in [0, 0.05) is 12.1 Å². The lowest BCUT2D eigenvalue weighted by Crippen LogP contribution is -2.05. The molecule has 0 unspecified atom stereocenters. The van der Waals surface area contributed by atoms with E-state index in [1.54, 1.807) is 0 Å². The Kier molecular flexibility index (Phi) is 3.68. The number of nitro groups is 1. The van der Waals surface area contributed by atoms with Crippen molar-refractivity contribution in [2.24, 2.45) is 0 Å². The Hall–Kier alpha value is -1.82. The Labute approximate surface area is 95.9 Å². The van der Waals surface area contributed by atoms with E-state index in [1.165, 1.54) is 20.3 Å². The van der Waals surface area contributed by atoms with E-state index in [1.807, 2.05) is 0 Å². The Morgan fingerprint density at radius 2 is 2.06 bits per heavy atom. The highest BCUT2D eigenvalue weighted by atomic mass is 35.5. The number of carbonyl (C=O) groups excluding carboxylic acids is 1. The summed E-state index contributed by atoms with van der Waals surface area (Å²) >= 11 is 5.65. The molecule has 0 fully saturated rings. The molecule has 7 heteroatoms. The summed E-state index contributed by atoms with van der Waals surface area (Å²) in [6.45, 7) is 0. The van der Waals surface area contributed by atoms with Crippen molar-refractivity contribution in [2.75, 3.05) is 14.2 Å². The van der Waals surface area contributed by atoms with E-state index < -0.39 is 10.9 Å². The van der Waals surface area contributed by atoms with Crippen LogP contribution in [0.2, 0.25) is 5.02 Å². The average molecular weight is 246 g/mol. The van der Waals surface area contributed by atoms with Crippen LogP contribution in [0.3, 0.4) is 0 Å². The first-order valence-electron chi connectivity index (χ1n) is 4.11. The Balaban J connectivity index is 3.40. The molecule has 0 N–H and O–H groups in total. The van der Waals surface area contributed by atoms with Gasteiger partial charge in [0.1, 0.15) is 16.3 Å². The first-order chi connectivity index (χ1) is 7.51. The molecule has 1 rings (SSSR count). The number of hydrogen-bond acceptors (Lipinski definition) is 5. The van der Waals surface area contributed by atoms with Gasteiger partial charge in [-0.05, 0) is 0 Å². The molecule has 6 nitrogen and oxygen atoms in total. The molecule has 0 heterocycles. The molecule has 0 spiro atoms. The van der Waals surface area contributed by atoms with Gasteiger partial charge in [-0.15, -0.1) is 0 Å². The smallest absolute Gasteiger partial charge is 0.341 e. The summed E-state index contributed by atoms with van der Waals surface area (Å²) in [5.74, 6) is -0.598. The number of rotatable bonds is 3. The zero-order valence-electron chi connectivity index (χ0n) is 8.52. The maximum absolute atomic E-state index is 11.3. The summed E-state index contributed by atoms with van der Waals surface area (Å²) in [6, 6.07) is 2.22. The van der Waals surface area contributed by atoms with Gasteiger partial charge in [0.25, 0.3) is 5.69 Å². The third-order valence-corrected chi connectivity index (χ3v) is 2.17. The molecule has 86 valence electrons. The Morgan fingerprint density at radius 1 is 1.44 bits per heavy atom. The van der Waals surface area contributed by atoms with Gasteiger partial charge in [0.2, 0.25) is 0 Å². The quantitative estimate of drug-likeness (QED) is 0.463. The molecule has 0 aromatic heterocycles. The van der Waals surface area contributed by atoms with Crippen LogP contribution >= 0.6 is 11.6 Å². The summed E-state index contributed by atoms with van der Waals surface area (Å²) in [5.41, 5.74) is -0.413. The predicted molar refractivity (Wildman–Crippen MR) is 56.0 cm³/mol. The number of hydrogen-bond donors (Lipinski definition) is 0. The zero-order valence-corrected chi connectivity index (χ0v) is 9.28. The third kappa shape index (κ3) is 2.22. The number of carbonyl (C=O) groups is 1. The van der Waals surface area contributed by atoms with Crippen LogP contribution < -0.4 is 4.74 Å². The monoisotopic (exact) mass is 245 g/mol. The van der Waals surface area contributed by atoms with Crippen LogP contribution in [0.1, 0.15) is 10.4 Å². The lowest BCUT2D eigenvalue weighted by molar-refractivity contribution is -0.384. The molecular formula is C9H8ClNO5.